The van der Waals surface area contributed by atoms with Crippen molar-refractivity contribution in [2.75, 3.05) is 6.61 Å². The van der Waals surface area contributed by atoms with E-state index in [2.05, 4.69) is 0 Å². The molecule has 3 heterocycles. The summed E-state index contributed by atoms with van der Waals surface area (Å²) in [6.45, 7) is 0.145. The second-order valence-electron chi connectivity index (χ2n) is 4.34. The summed E-state index contributed by atoms with van der Waals surface area (Å²) in [5.74, 6) is -1.42. The van der Waals surface area contributed by atoms with Gasteiger partial charge in [-0.1, -0.05) is 6.08 Å². The molecule has 5 nitrogen and oxygen atoms in total. The summed E-state index contributed by atoms with van der Waals surface area (Å²) in [5.41, 5.74) is -1.80. The molecule has 5 heteroatoms. The van der Waals surface area contributed by atoms with Crippen molar-refractivity contribution in [3.63, 3.8) is 0 Å². The largest absolute Gasteiger partial charge is 0.481 e. The van der Waals surface area contributed by atoms with Crippen molar-refractivity contribution in [3.05, 3.63) is 12.2 Å². The highest BCUT2D eigenvalue weighted by Gasteiger charge is 2.70. The van der Waals surface area contributed by atoms with Crippen molar-refractivity contribution in [1.82, 2.24) is 0 Å². The zero-order valence-corrected chi connectivity index (χ0v) is 7.93. The molecule has 1 N–H and O–H groups in total. The van der Waals surface area contributed by atoms with Gasteiger partial charge in [-0.3, -0.25) is 9.59 Å². The molecule has 0 saturated carbocycles. The highest BCUT2D eigenvalue weighted by molar-refractivity contribution is 5.87. The van der Waals surface area contributed by atoms with Gasteiger partial charge in [-0.2, -0.15) is 0 Å². The van der Waals surface area contributed by atoms with E-state index in [4.69, 9.17) is 14.6 Å². The Morgan fingerprint density at radius 2 is 2.47 bits per heavy atom. The van der Waals surface area contributed by atoms with E-state index in [1.807, 2.05) is 6.08 Å². The van der Waals surface area contributed by atoms with Crippen molar-refractivity contribution in [1.29, 1.82) is 0 Å². The lowest BCUT2D eigenvalue weighted by molar-refractivity contribution is -0.153. The molecule has 3 atom stereocenters. The van der Waals surface area contributed by atoms with Gasteiger partial charge in [0.2, 0.25) is 0 Å². The number of hydrogen-bond acceptors (Lipinski definition) is 4. The van der Waals surface area contributed by atoms with Gasteiger partial charge in [-0.15, -0.1) is 0 Å². The van der Waals surface area contributed by atoms with Gasteiger partial charge in [-0.25, -0.2) is 0 Å². The van der Waals surface area contributed by atoms with Crippen LogP contribution < -0.4 is 0 Å². The monoisotopic (exact) mass is 210 g/mol. The third-order valence-electron chi connectivity index (χ3n) is 3.56. The minimum absolute atomic E-state index is 0.128. The molecule has 0 aliphatic carbocycles. The summed E-state index contributed by atoms with van der Waals surface area (Å²) in [4.78, 5) is 22.5. The summed E-state index contributed by atoms with van der Waals surface area (Å²) in [6.07, 6.45) is 3.75. The van der Waals surface area contributed by atoms with Gasteiger partial charge in [0.1, 0.15) is 17.6 Å². The zero-order valence-electron chi connectivity index (χ0n) is 7.93. The standard InChI is InChI=1S/C10H10O5/c11-7(12)4-9-3-6-1-2-10(9,15-6)5-14-8(9)13/h1-2,6H,3-5H2,(H,11,12)/t6-,9-,10-/m0/s1. The summed E-state index contributed by atoms with van der Waals surface area (Å²) < 4.78 is 10.6. The fraction of sp³-hybridized carbons (Fsp3) is 0.600. The van der Waals surface area contributed by atoms with E-state index < -0.39 is 23.0 Å². The van der Waals surface area contributed by atoms with Crippen LogP contribution in [0.4, 0.5) is 0 Å². The van der Waals surface area contributed by atoms with Gasteiger partial charge in [0.15, 0.2) is 0 Å². The first-order chi connectivity index (χ1) is 7.08. The predicted octanol–water partition coefficient (Wildman–Crippen LogP) is 0.102. The Morgan fingerprint density at radius 1 is 1.67 bits per heavy atom. The minimum atomic E-state index is -0.988. The maximum absolute atomic E-state index is 11.7. The lowest BCUT2D eigenvalue weighted by Gasteiger charge is -2.29. The number of carboxylic acid groups (broad SMARTS) is 1. The number of carboxylic acids is 1. The average Bonchev–Trinajstić information content (AvgIpc) is 2.75. The molecule has 1 spiro atoms. The summed E-state index contributed by atoms with van der Waals surface area (Å²) in [7, 11) is 0. The molecule has 0 aromatic rings. The zero-order chi connectivity index (χ0) is 10.7. The van der Waals surface area contributed by atoms with Crippen molar-refractivity contribution in [3.8, 4) is 0 Å². The Balaban J connectivity index is 2.07. The molecule has 15 heavy (non-hydrogen) atoms. The molecule has 0 aromatic carbocycles. The molecule has 0 radical (unpaired) electrons. The van der Waals surface area contributed by atoms with Crippen molar-refractivity contribution in [2.24, 2.45) is 5.41 Å². The SMILES string of the molecule is O=C(O)C[C@]12C[C@@H]3C=C[C@@]1(COC2=O)O3. The van der Waals surface area contributed by atoms with E-state index >= 15 is 0 Å². The Hall–Kier alpha value is -1.36. The van der Waals surface area contributed by atoms with E-state index in [-0.39, 0.29) is 19.1 Å². The smallest absolute Gasteiger partial charge is 0.316 e. The number of carbonyl (C=O) groups is 2. The maximum atomic E-state index is 11.7. The Bertz CT molecular complexity index is 387. The molecule has 80 valence electrons. The second kappa shape index (κ2) is 2.41. The fourth-order valence-electron chi connectivity index (χ4n) is 2.85. The quantitative estimate of drug-likeness (QED) is 0.517. The van der Waals surface area contributed by atoms with Crippen LogP contribution in [-0.2, 0) is 19.1 Å². The summed E-state index contributed by atoms with van der Waals surface area (Å²) in [6, 6.07) is 0. The topological polar surface area (TPSA) is 72.8 Å². The van der Waals surface area contributed by atoms with Crippen LogP contribution in [0.25, 0.3) is 0 Å². The number of cyclic esters (lactones) is 1. The summed E-state index contributed by atoms with van der Waals surface area (Å²) in [5, 5.41) is 8.87. The number of aliphatic carboxylic acids is 1. The van der Waals surface area contributed by atoms with Gasteiger partial charge >= 0.3 is 11.9 Å². The molecule has 2 fully saturated rings. The van der Waals surface area contributed by atoms with Crippen molar-refractivity contribution < 1.29 is 24.2 Å². The van der Waals surface area contributed by atoms with Crippen molar-refractivity contribution in [2.45, 2.75) is 24.5 Å². The van der Waals surface area contributed by atoms with Gasteiger partial charge in [0.05, 0.1) is 12.5 Å². The summed E-state index contributed by atoms with van der Waals surface area (Å²) >= 11 is 0. The molecule has 2 saturated heterocycles. The van der Waals surface area contributed by atoms with Crippen molar-refractivity contribution >= 4 is 11.9 Å². The Kier molecular flexibility index (Phi) is 1.43. The molecule has 2 bridgehead atoms. The highest BCUT2D eigenvalue weighted by Crippen LogP contribution is 2.58. The number of esters is 1. The van der Waals surface area contributed by atoms with Crippen LogP contribution in [0.2, 0.25) is 0 Å². The molecule has 3 aliphatic heterocycles. The van der Waals surface area contributed by atoms with Gasteiger partial charge < -0.3 is 14.6 Å². The normalized spacial score (nSPS) is 45.6. The molecule has 0 aromatic heterocycles. The number of fused-ring (bicyclic) bond motifs is 1. The number of carbonyl (C=O) groups excluding carboxylic acids is 1. The van der Waals surface area contributed by atoms with Crippen LogP contribution in [0.3, 0.4) is 0 Å². The number of hydrogen-bond donors (Lipinski definition) is 1. The molecule has 3 rings (SSSR count). The number of ether oxygens (including phenoxy) is 2. The Morgan fingerprint density at radius 3 is 3.13 bits per heavy atom. The number of rotatable bonds is 2. The van der Waals surface area contributed by atoms with E-state index in [0.29, 0.717) is 6.42 Å². The second-order valence-corrected chi connectivity index (χ2v) is 4.34. The lowest BCUT2D eigenvalue weighted by Crippen LogP contribution is -2.45. The van der Waals surface area contributed by atoms with E-state index in [0.717, 1.165) is 0 Å². The van der Waals surface area contributed by atoms with Crippen LogP contribution in [0.15, 0.2) is 12.2 Å². The lowest BCUT2D eigenvalue weighted by atomic mass is 9.68. The molecular formula is C10H10O5. The van der Waals surface area contributed by atoms with Gasteiger partial charge in [0, 0.05) is 0 Å². The van der Waals surface area contributed by atoms with Gasteiger partial charge in [0.25, 0.3) is 0 Å². The van der Waals surface area contributed by atoms with E-state index in [9.17, 15) is 9.59 Å². The first-order valence-corrected chi connectivity index (χ1v) is 4.84. The van der Waals surface area contributed by atoms with Crippen LogP contribution in [0.1, 0.15) is 12.8 Å². The fourth-order valence-corrected chi connectivity index (χ4v) is 2.85. The van der Waals surface area contributed by atoms with Crippen LogP contribution in [0.5, 0.6) is 0 Å². The van der Waals surface area contributed by atoms with Gasteiger partial charge in [-0.05, 0) is 12.5 Å². The van der Waals surface area contributed by atoms with Crippen LogP contribution in [-0.4, -0.2) is 35.4 Å². The van der Waals surface area contributed by atoms with E-state index in [1.54, 1.807) is 6.08 Å². The third kappa shape index (κ3) is 0.866. The predicted molar refractivity (Wildman–Crippen MR) is 47.0 cm³/mol. The first kappa shape index (κ1) is 8.91. The average molecular weight is 210 g/mol. The maximum Gasteiger partial charge on any atom is 0.316 e. The molecular weight excluding hydrogens is 200 g/mol. The first-order valence-electron chi connectivity index (χ1n) is 4.84. The Labute approximate surface area is 85.7 Å². The molecule has 3 aliphatic rings. The minimum Gasteiger partial charge on any atom is -0.481 e. The van der Waals surface area contributed by atoms with E-state index in [1.165, 1.54) is 0 Å². The molecule has 0 unspecified atom stereocenters. The van der Waals surface area contributed by atoms with Crippen LogP contribution in [0, 0.1) is 5.41 Å². The molecule has 0 amide bonds. The highest BCUT2D eigenvalue weighted by atomic mass is 16.6. The van der Waals surface area contributed by atoms with Crippen LogP contribution >= 0.6 is 0 Å². The third-order valence-corrected chi connectivity index (χ3v) is 3.56.